The highest BCUT2D eigenvalue weighted by molar-refractivity contribution is 6.06. The highest BCUT2D eigenvalue weighted by atomic mass is 16.3. The number of furan rings is 1. The number of aryl methyl sites for hydroxylation is 1. The molecule has 1 heterocycles. The van der Waals surface area contributed by atoms with Gasteiger partial charge < -0.3 is 4.42 Å². The van der Waals surface area contributed by atoms with Crippen LogP contribution in [0, 0.1) is 6.92 Å². The third-order valence-electron chi connectivity index (χ3n) is 5.91. The summed E-state index contributed by atoms with van der Waals surface area (Å²) < 4.78 is 5.97. The molecule has 1 atom stereocenters. The van der Waals surface area contributed by atoms with Gasteiger partial charge in [-0.25, -0.2) is 0 Å². The second-order valence-corrected chi connectivity index (χ2v) is 7.80. The lowest BCUT2D eigenvalue weighted by atomic mass is 9.88. The summed E-state index contributed by atoms with van der Waals surface area (Å²) in [5, 5.41) is 2.35. The standard InChI is InChI=1S/C28H24O/c1-3-24(21-10-8-19(2)9-11-21)22-14-12-20(13-15-22)23-16-17-28-26(18-23)25-6-4-5-7-27(25)29-28/h4-18,24H,3H2,1-2H3. The fraction of sp³-hybridized carbons (Fsp3) is 0.143. The Morgan fingerprint density at radius 2 is 1.28 bits per heavy atom. The number of benzene rings is 4. The maximum Gasteiger partial charge on any atom is 0.135 e. The highest BCUT2D eigenvalue weighted by Gasteiger charge is 2.13. The Balaban J connectivity index is 1.51. The number of rotatable bonds is 4. The third kappa shape index (κ3) is 3.23. The van der Waals surface area contributed by atoms with Gasteiger partial charge in [0.25, 0.3) is 0 Å². The molecule has 0 saturated carbocycles. The zero-order valence-electron chi connectivity index (χ0n) is 16.9. The summed E-state index contributed by atoms with van der Waals surface area (Å²) in [7, 11) is 0. The van der Waals surface area contributed by atoms with Crippen LogP contribution in [0.15, 0.2) is 95.4 Å². The predicted octanol–water partition coefficient (Wildman–Crippen LogP) is 8.10. The third-order valence-corrected chi connectivity index (χ3v) is 5.91. The van der Waals surface area contributed by atoms with Gasteiger partial charge in [-0.1, -0.05) is 85.3 Å². The van der Waals surface area contributed by atoms with E-state index in [4.69, 9.17) is 4.42 Å². The molecule has 0 aliphatic rings. The molecular weight excluding hydrogens is 352 g/mol. The lowest BCUT2D eigenvalue weighted by molar-refractivity contribution is 0.669. The summed E-state index contributed by atoms with van der Waals surface area (Å²) in [6, 6.07) is 32.7. The van der Waals surface area contributed by atoms with Crippen molar-refractivity contribution in [2.24, 2.45) is 0 Å². The molecule has 0 spiro atoms. The molecule has 0 saturated heterocycles. The predicted molar refractivity (Wildman–Crippen MR) is 122 cm³/mol. The number of hydrogen-bond acceptors (Lipinski definition) is 1. The number of hydrogen-bond donors (Lipinski definition) is 0. The minimum Gasteiger partial charge on any atom is -0.456 e. The van der Waals surface area contributed by atoms with Crippen LogP contribution in [-0.2, 0) is 0 Å². The Bertz CT molecular complexity index is 1270. The lowest BCUT2D eigenvalue weighted by Crippen LogP contribution is -1.99. The van der Waals surface area contributed by atoms with Gasteiger partial charge in [-0.05, 0) is 53.8 Å². The van der Waals surface area contributed by atoms with Gasteiger partial charge in [0.15, 0.2) is 0 Å². The number of para-hydroxylation sites is 1. The van der Waals surface area contributed by atoms with Gasteiger partial charge in [-0.2, -0.15) is 0 Å². The molecule has 142 valence electrons. The molecule has 1 nitrogen and oxygen atoms in total. The second kappa shape index (κ2) is 7.25. The van der Waals surface area contributed by atoms with E-state index in [0.29, 0.717) is 5.92 Å². The molecule has 29 heavy (non-hydrogen) atoms. The second-order valence-electron chi connectivity index (χ2n) is 7.80. The summed E-state index contributed by atoms with van der Waals surface area (Å²) in [5.74, 6) is 0.435. The molecule has 0 aliphatic heterocycles. The fourth-order valence-electron chi connectivity index (χ4n) is 4.28. The van der Waals surface area contributed by atoms with E-state index in [9.17, 15) is 0 Å². The van der Waals surface area contributed by atoms with Gasteiger partial charge in [0.05, 0.1) is 0 Å². The first-order chi connectivity index (χ1) is 14.2. The molecule has 0 fully saturated rings. The average Bonchev–Trinajstić information content (AvgIpc) is 3.14. The monoisotopic (exact) mass is 376 g/mol. The van der Waals surface area contributed by atoms with Crippen LogP contribution in [-0.4, -0.2) is 0 Å². The van der Waals surface area contributed by atoms with Crippen molar-refractivity contribution in [1.82, 2.24) is 0 Å². The maximum atomic E-state index is 5.97. The molecule has 4 aromatic carbocycles. The Labute approximate surface area is 171 Å². The first-order valence-electron chi connectivity index (χ1n) is 10.3. The van der Waals surface area contributed by atoms with Crippen molar-refractivity contribution in [2.75, 3.05) is 0 Å². The molecule has 5 rings (SSSR count). The van der Waals surface area contributed by atoms with Crippen molar-refractivity contribution >= 4 is 21.9 Å². The van der Waals surface area contributed by atoms with Crippen LogP contribution in [0.5, 0.6) is 0 Å². The zero-order valence-corrected chi connectivity index (χ0v) is 16.9. The molecule has 1 heteroatoms. The van der Waals surface area contributed by atoms with Gasteiger partial charge in [0.1, 0.15) is 11.2 Å². The van der Waals surface area contributed by atoms with E-state index in [0.717, 1.165) is 17.6 Å². The van der Waals surface area contributed by atoms with Crippen LogP contribution in [0.2, 0.25) is 0 Å². The molecular formula is C28H24O. The van der Waals surface area contributed by atoms with Gasteiger partial charge in [0, 0.05) is 16.7 Å². The van der Waals surface area contributed by atoms with Crippen LogP contribution in [0.25, 0.3) is 33.1 Å². The molecule has 1 unspecified atom stereocenters. The van der Waals surface area contributed by atoms with Gasteiger partial charge in [-0.3, -0.25) is 0 Å². The van der Waals surface area contributed by atoms with Crippen LogP contribution in [0.3, 0.4) is 0 Å². The zero-order chi connectivity index (χ0) is 19.8. The smallest absolute Gasteiger partial charge is 0.135 e. The highest BCUT2D eigenvalue weighted by Crippen LogP contribution is 2.34. The summed E-state index contributed by atoms with van der Waals surface area (Å²) in [4.78, 5) is 0. The van der Waals surface area contributed by atoms with Crippen molar-refractivity contribution in [3.05, 3.63) is 108 Å². The molecule has 0 bridgehead atoms. The van der Waals surface area contributed by atoms with Crippen molar-refractivity contribution in [3.63, 3.8) is 0 Å². The van der Waals surface area contributed by atoms with Gasteiger partial charge in [0.2, 0.25) is 0 Å². The maximum absolute atomic E-state index is 5.97. The number of fused-ring (bicyclic) bond motifs is 3. The largest absolute Gasteiger partial charge is 0.456 e. The Kier molecular flexibility index (Phi) is 4.44. The SMILES string of the molecule is CCC(c1ccc(C)cc1)c1ccc(-c2ccc3oc4ccccc4c3c2)cc1. The summed E-state index contributed by atoms with van der Waals surface area (Å²) in [5.41, 5.74) is 8.41. The van der Waals surface area contributed by atoms with Crippen LogP contribution < -0.4 is 0 Å². The van der Waals surface area contributed by atoms with Crippen LogP contribution in [0.4, 0.5) is 0 Å². The van der Waals surface area contributed by atoms with Gasteiger partial charge in [-0.15, -0.1) is 0 Å². The normalized spacial score (nSPS) is 12.5. The molecule has 5 aromatic rings. The van der Waals surface area contributed by atoms with E-state index in [1.807, 2.05) is 12.1 Å². The van der Waals surface area contributed by atoms with Crippen molar-refractivity contribution in [2.45, 2.75) is 26.2 Å². The topological polar surface area (TPSA) is 13.1 Å². The fourth-order valence-corrected chi connectivity index (χ4v) is 4.28. The summed E-state index contributed by atoms with van der Waals surface area (Å²) >= 11 is 0. The molecule has 0 aliphatic carbocycles. The first-order valence-corrected chi connectivity index (χ1v) is 10.3. The van der Waals surface area contributed by atoms with E-state index < -0.39 is 0 Å². The Morgan fingerprint density at radius 1 is 0.655 bits per heavy atom. The minimum absolute atomic E-state index is 0.435. The Morgan fingerprint density at radius 3 is 2.00 bits per heavy atom. The van der Waals surface area contributed by atoms with E-state index >= 15 is 0 Å². The molecule has 1 aromatic heterocycles. The summed E-state index contributed by atoms with van der Waals surface area (Å²) in [6.07, 6.45) is 1.09. The van der Waals surface area contributed by atoms with E-state index in [-0.39, 0.29) is 0 Å². The van der Waals surface area contributed by atoms with Crippen molar-refractivity contribution < 1.29 is 4.42 Å². The van der Waals surface area contributed by atoms with Crippen LogP contribution >= 0.6 is 0 Å². The van der Waals surface area contributed by atoms with Crippen molar-refractivity contribution in [3.8, 4) is 11.1 Å². The van der Waals surface area contributed by atoms with E-state index in [1.165, 1.54) is 38.6 Å². The Hall–Kier alpha value is -3.32. The van der Waals surface area contributed by atoms with Crippen molar-refractivity contribution in [1.29, 1.82) is 0 Å². The molecule has 0 radical (unpaired) electrons. The lowest BCUT2D eigenvalue weighted by Gasteiger charge is -2.17. The summed E-state index contributed by atoms with van der Waals surface area (Å²) in [6.45, 7) is 4.40. The van der Waals surface area contributed by atoms with Crippen LogP contribution in [0.1, 0.15) is 36.0 Å². The minimum atomic E-state index is 0.435. The van der Waals surface area contributed by atoms with E-state index in [2.05, 4.69) is 92.7 Å². The van der Waals surface area contributed by atoms with Gasteiger partial charge >= 0.3 is 0 Å². The average molecular weight is 376 g/mol. The quantitative estimate of drug-likeness (QED) is 0.309. The molecule has 0 N–H and O–H groups in total. The van der Waals surface area contributed by atoms with E-state index in [1.54, 1.807) is 0 Å². The first kappa shape index (κ1) is 17.8. The molecule has 0 amide bonds.